The lowest BCUT2D eigenvalue weighted by Crippen LogP contribution is -2.41. The van der Waals surface area contributed by atoms with E-state index in [4.69, 9.17) is 11.6 Å². The summed E-state index contributed by atoms with van der Waals surface area (Å²) in [5.41, 5.74) is 2.36. The molecule has 0 amide bonds. The molecule has 0 saturated carbocycles. The van der Waals surface area contributed by atoms with Crippen molar-refractivity contribution in [1.82, 2.24) is 4.90 Å². The molecule has 1 aliphatic rings. The second-order valence-electron chi connectivity index (χ2n) is 4.90. The predicted octanol–water partition coefficient (Wildman–Crippen LogP) is 3.00. The van der Waals surface area contributed by atoms with Crippen molar-refractivity contribution in [3.63, 3.8) is 0 Å². The van der Waals surface area contributed by atoms with Crippen LogP contribution >= 0.6 is 11.6 Å². The molecule has 1 atom stereocenters. The number of halogens is 1. The number of likely N-dealkylation sites (tertiary alicyclic amines) is 1. The van der Waals surface area contributed by atoms with Gasteiger partial charge in [0, 0.05) is 17.6 Å². The molecule has 0 bridgehead atoms. The molecule has 0 aliphatic carbocycles. The average molecular weight is 254 g/mol. The summed E-state index contributed by atoms with van der Waals surface area (Å²) in [4.78, 5) is 2.35. The highest BCUT2D eigenvalue weighted by Gasteiger charge is 2.22. The second kappa shape index (κ2) is 5.85. The van der Waals surface area contributed by atoms with Gasteiger partial charge in [0.2, 0.25) is 0 Å². The Kier molecular flexibility index (Phi) is 4.43. The molecule has 3 heteroatoms. The molecule has 0 spiro atoms. The maximum absolute atomic E-state index is 9.38. The van der Waals surface area contributed by atoms with Crippen molar-refractivity contribution < 1.29 is 5.11 Å². The fraction of sp³-hybridized carbons (Fsp3) is 0.571. The third-order valence-electron chi connectivity index (χ3n) is 3.54. The van der Waals surface area contributed by atoms with Gasteiger partial charge in [-0.05, 0) is 43.5 Å². The largest absolute Gasteiger partial charge is 0.395 e. The lowest BCUT2D eigenvalue weighted by Gasteiger charge is -2.34. The Morgan fingerprint density at radius 1 is 1.41 bits per heavy atom. The fourth-order valence-electron chi connectivity index (χ4n) is 2.47. The summed E-state index contributed by atoms with van der Waals surface area (Å²) in [5.74, 6) is 0. The van der Waals surface area contributed by atoms with Crippen LogP contribution in [0.25, 0.3) is 0 Å². The lowest BCUT2D eigenvalue weighted by atomic mass is 10.0. The lowest BCUT2D eigenvalue weighted by molar-refractivity contribution is 0.0841. The first-order chi connectivity index (χ1) is 8.20. The Morgan fingerprint density at radius 3 is 2.94 bits per heavy atom. The molecule has 0 radical (unpaired) electrons. The quantitative estimate of drug-likeness (QED) is 0.895. The molecular formula is C14H20ClNO. The van der Waals surface area contributed by atoms with Crippen molar-refractivity contribution in [1.29, 1.82) is 0 Å². The number of benzene rings is 1. The Labute approximate surface area is 108 Å². The van der Waals surface area contributed by atoms with E-state index in [9.17, 15) is 5.11 Å². The highest BCUT2D eigenvalue weighted by Crippen LogP contribution is 2.23. The van der Waals surface area contributed by atoms with Crippen LogP contribution in [-0.2, 0) is 6.54 Å². The van der Waals surface area contributed by atoms with E-state index in [0.717, 1.165) is 30.1 Å². The SMILES string of the molecule is Cc1ccc(CN2CCCCC2CO)c(Cl)c1. The Hall–Kier alpha value is -0.570. The summed E-state index contributed by atoms with van der Waals surface area (Å²) >= 11 is 6.25. The van der Waals surface area contributed by atoms with E-state index in [-0.39, 0.29) is 6.61 Å². The molecule has 1 aromatic rings. The maximum atomic E-state index is 9.38. The molecule has 1 unspecified atom stereocenters. The van der Waals surface area contributed by atoms with Crippen LogP contribution in [0.5, 0.6) is 0 Å². The van der Waals surface area contributed by atoms with Gasteiger partial charge in [0.25, 0.3) is 0 Å². The van der Waals surface area contributed by atoms with E-state index in [1.54, 1.807) is 0 Å². The van der Waals surface area contributed by atoms with Gasteiger partial charge in [-0.2, -0.15) is 0 Å². The van der Waals surface area contributed by atoms with Crippen LogP contribution in [0.2, 0.25) is 5.02 Å². The number of nitrogens with zero attached hydrogens (tertiary/aromatic N) is 1. The summed E-state index contributed by atoms with van der Waals surface area (Å²) in [6, 6.07) is 6.51. The Morgan fingerprint density at radius 2 is 2.24 bits per heavy atom. The zero-order chi connectivity index (χ0) is 12.3. The molecule has 2 rings (SSSR count). The van der Waals surface area contributed by atoms with Crippen LogP contribution in [0.4, 0.5) is 0 Å². The van der Waals surface area contributed by atoms with Crippen LogP contribution in [-0.4, -0.2) is 29.2 Å². The topological polar surface area (TPSA) is 23.5 Å². The van der Waals surface area contributed by atoms with Crippen molar-refractivity contribution in [3.8, 4) is 0 Å². The molecule has 17 heavy (non-hydrogen) atoms. The van der Waals surface area contributed by atoms with Crippen molar-refractivity contribution in [3.05, 3.63) is 34.3 Å². The van der Waals surface area contributed by atoms with Gasteiger partial charge in [0.05, 0.1) is 6.61 Å². The van der Waals surface area contributed by atoms with Crippen LogP contribution in [0.3, 0.4) is 0 Å². The summed E-state index contributed by atoms with van der Waals surface area (Å²) in [7, 11) is 0. The number of hydrogen-bond acceptors (Lipinski definition) is 2. The smallest absolute Gasteiger partial charge is 0.0586 e. The minimum atomic E-state index is 0.253. The van der Waals surface area contributed by atoms with Crippen molar-refractivity contribution in [2.75, 3.05) is 13.2 Å². The Bertz CT molecular complexity index is 380. The third kappa shape index (κ3) is 3.21. The van der Waals surface area contributed by atoms with Crippen molar-refractivity contribution >= 4 is 11.6 Å². The van der Waals surface area contributed by atoms with Gasteiger partial charge < -0.3 is 5.11 Å². The van der Waals surface area contributed by atoms with Crippen LogP contribution in [0, 0.1) is 6.92 Å². The number of hydrogen-bond donors (Lipinski definition) is 1. The molecular weight excluding hydrogens is 234 g/mol. The molecule has 1 fully saturated rings. The van der Waals surface area contributed by atoms with Gasteiger partial charge in [0.1, 0.15) is 0 Å². The van der Waals surface area contributed by atoms with E-state index in [0.29, 0.717) is 6.04 Å². The molecule has 1 heterocycles. The normalized spacial score (nSPS) is 21.7. The van der Waals surface area contributed by atoms with E-state index < -0.39 is 0 Å². The number of aliphatic hydroxyl groups is 1. The number of piperidine rings is 1. The fourth-order valence-corrected chi connectivity index (χ4v) is 2.77. The minimum absolute atomic E-state index is 0.253. The van der Waals surface area contributed by atoms with E-state index in [1.165, 1.54) is 18.4 Å². The monoisotopic (exact) mass is 253 g/mol. The zero-order valence-corrected chi connectivity index (χ0v) is 11.1. The number of aryl methyl sites for hydroxylation is 1. The van der Waals surface area contributed by atoms with Crippen molar-refractivity contribution in [2.24, 2.45) is 0 Å². The highest BCUT2D eigenvalue weighted by molar-refractivity contribution is 6.31. The molecule has 94 valence electrons. The first kappa shape index (κ1) is 12.9. The third-order valence-corrected chi connectivity index (χ3v) is 3.89. The van der Waals surface area contributed by atoms with Gasteiger partial charge in [-0.3, -0.25) is 4.90 Å². The first-order valence-corrected chi connectivity index (χ1v) is 6.68. The van der Waals surface area contributed by atoms with Gasteiger partial charge in [-0.25, -0.2) is 0 Å². The summed E-state index contributed by atoms with van der Waals surface area (Å²) in [6.45, 7) is 4.22. The van der Waals surface area contributed by atoms with Gasteiger partial charge >= 0.3 is 0 Å². The Balaban J connectivity index is 2.08. The standard InChI is InChI=1S/C14H20ClNO/c1-11-5-6-12(14(15)8-11)9-16-7-3-2-4-13(16)10-17/h5-6,8,13,17H,2-4,7,9-10H2,1H3. The molecule has 2 nitrogen and oxygen atoms in total. The minimum Gasteiger partial charge on any atom is -0.395 e. The molecule has 1 aliphatic heterocycles. The van der Waals surface area contributed by atoms with E-state index >= 15 is 0 Å². The second-order valence-corrected chi connectivity index (χ2v) is 5.30. The number of rotatable bonds is 3. The molecule has 0 aromatic heterocycles. The van der Waals surface area contributed by atoms with Gasteiger partial charge in [-0.15, -0.1) is 0 Å². The number of aliphatic hydroxyl groups excluding tert-OH is 1. The summed E-state index contributed by atoms with van der Waals surface area (Å²) < 4.78 is 0. The summed E-state index contributed by atoms with van der Waals surface area (Å²) in [6.07, 6.45) is 3.54. The maximum Gasteiger partial charge on any atom is 0.0586 e. The van der Waals surface area contributed by atoms with Crippen LogP contribution < -0.4 is 0 Å². The summed E-state index contributed by atoms with van der Waals surface area (Å²) in [5, 5.41) is 10.2. The van der Waals surface area contributed by atoms with Gasteiger partial charge in [0.15, 0.2) is 0 Å². The first-order valence-electron chi connectivity index (χ1n) is 6.30. The van der Waals surface area contributed by atoms with E-state index in [1.807, 2.05) is 13.0 Å². The highest BCUT2D eigenvalue weighted by atomic mass is 35.5. The molecule has 1 saturated heterocycles. The van der Waals surface area contributed by atoms with Crippen LogP contribution in [0.1, 0.15) is 30.4 Å². The molecule has 1 N–H and O–H groups in total. The van der Waals surface area contributed by atoms with E-state index in [2.05, 4.69) is 17.0 Å². The molecule has 1 aromatic carbocycles. The van der Waals surface area contributed by atoms with Crippen LogP contribution in [0.15, 0.2) is 18.2 Å². The average Bonchev–Trinajstić information content (AvgIpc) is 2.33. The predicted molar refractivity (Wildman–Crippen MR) is 71.3 cm³/mol. The zero-order valence-electron chi connectivity index (χ0n) is 10.3. The van der Waals surface area contributed by atoms with Gasteiger partial charge in [-0.1, -0.05) is 30.2 Å². The van der Waals surface area contributed by atoms with Crippen molar-refractivity contribution in [2.45, 2.75) is 38.8 Å².